The smallest absolute Gasteiger partial charge is 0.234 e. The molecule has 5 nitrogen and oxygen atoms in total. The highest BCUT2D eigenvalue weighted by molar-refractivity contribution is 5.78. The molecule has 0 unspecified atom stereocenters. The molecule has 0 aromatic heterocycles. The second-order valence-corrected chi connectivity index (χ2v) is 6.19. The molecule has 1 aliphatic heterocycles. The van der Waals surface area contributed by atoms with Gasteiger partial charge in [0.1, 0.15) is 0 Å². The Morgan fingerprint density at radius 1 is 1.39 bits per heavy atom. The molecule has 1 aliphatic rings. The van der Waals surface area contributed by atoms with Gasteiger partial charge in [0.25, 0.3) is 0 Å². The summed E-state index contributed by atoms with van der Waals surface area (Å²) in [6.07, 6.45) is 2.88. The maximum atomic E-state index is 12.1. The van der Waals surface area contributed by atoms with Gasteiger partial charge in [-0.2, -0.15) is 0 Å². The van der Waals surface area contributed by atoms with E-state index < -0.39 is 0 Å². The van der Waals surface area contributed by atoms with Crippen LogP contribution >= 0.6 is 0 Å². The highest BCUT2D eigenvalue weighted by Gasteiger charge is 2.20. The summed E-state index contributed by atoms with van der Waals surface area (Å²) < 4.78 is 5.71. The minimum Gasteiger partial charge on any atom is -0.396 e. The Kier molecular flexibility index (Phi) is 7.52. The predicted octanol–water partition coefficient (Wildman–Crippen LogP) is 1.47. The van der Waals surface area contributed by atoms with Crippen LogP contribution in [0.4, 0.5) is 0 Å². The molecule has 1 saturated heterocycles. The van der Waals surface area contributed by atoms with Crippen LogP contribution in [0.25, 0.3) is 0 Å². The summed E-state index contributed by atoms with van der Waals surface area (Å²) >= 11 is 0. The van der Waals surface area contributed by atoms with Gasteiger partial charge in [-0.3, -0.25) is 9.69 Å². The Morgan fingerprint density at radius 3 is 2.87 bits per heavy atom. The Balaban J connectivity index is 1.63. The number of piperidine rings is 1. The molecule has 1 aromatic rings. The normalized spacial score (nSPS) is 16.4. The molecule has 2 rings (SSSR count). The lowest BCUT2D eigenvalue weighted by Crippen LogP contribution is -2.43. The number of aryl methyl sites for hydroxylation is 1. The van der Waals surface area contributed by atoms with Gasteiger partial charge >= 0.3 is 0 Å². The van der Waals surface area contributed by atoms with E-state index in [-0.39, 0.29) is 18.6 Å². The van der Waals surface area contributed by atoms with Crippen LogP contribution in [-0.2, 0) is 16.1 Å². The van der Waals surface area contributed by atoms with Crippen molar-refractivity contribution in [2.45, 2.75) is 38.8 Å². The Bertz CT molecular complexity index is 485. The number of aliphatic hydroxyl groups excluding tert-OH is 1. The molecule has 0 atom stereocenters. The number of likely N-dealkylation sites (tertiary alicyclic amines) is 1. The van der Waals surface area contributed by atoms with Gasteiger partial charge in [-0.1, -0.05) is 29.8 Å². The van der Waals surface area contributed by atoms with Gasteiger partial charge < -0.3 is 15.2 Å². The van der Waals surface area contributed by atoms with Crippen molar-refractivity contribution in [3.8, 4) is 0 Å². The Morgan fingerprint density at radius 2 is 2.17 bits per heavy atom. The molecule has 1 heterocycles. The molecule has 23 heavy (non-hydrogen) atoms. The van der Waals surface area contributed by atoms with E-state index in [1.807, 2.05) is 12.1 Å². The van der Waals surface area contributed by atoms with Gasteiger partial charge in [0.2, 0.25) is 5.91 Å². The number of amides is 1. The number of hydrogen-bond donors (Lipinski definition) is 2. The second-order valence-electron chi connectivity index (χ2n) is 6.19. The molecule has 1 fully saturated rings. The zero-order valence-electron chi connectivity index (χ0n) is 14.0. The molecule has 0 bridgehead atoms. The molecule has 1 amide bonds. The van der Waals surface area contributed by atoms with Gasteiger partial charge in [-0.25, -0.2) is 0 Å². The summed E-state index contributed by atoms with van der Waals surface area (Å²) in [6, 6.07) is 8.19. The fourth-order valence-electron chi connectivity index (χ4n) is 2.83. The maximum absolute atomic E-state index is 12.1. The monoisotopic (exact) mass is 320 g/mol. The van der Waals surface area contributed by atoms with E-state index in [4.69, 9.17) is 9.84 Å². The van der Waals surface area contributed by atoms with Crippen molar-refractivity contribution in [2.24, 2.45) is 0 Å². The van der Waals surface area contributed by atoms with Crippen LogP contribution in [0, 0.1) is 6.92 Å². The van der Waals surface area contributed by atoms with Gasteiger partial charge in [0.05, 0.1) is 12.6 Å². The van der Waals surface area contributed by atoms with Gasteiger partial charge in [-0.05, 0) is 31.7 Å². The van der Waals surface area contributed by atoms with E-state index in [1.165, 1.54) is 5.56 Å². The summed E-state index contributed by atoms with van der Waals surface area (Å²) in [7, 11) is 0. The largest absolute Gasteiger partial charge is 0.396 e. The minimum atomic E-state index is 0.0751. The van der Waals surface area contributed by atoms with Crippen molar-refractivity contribution in [2.75, 3.05) is 32.8 Å². The quantitative estimate of drug-likeness (QED) is 0.712. The molecular formula is C18H28N2O3. The van der Waals surface area contributed by atoms with Crippen molar-refractivity contribution in [1.82, 2.24) is 10.2 Å². The van der Waals surface area contributed by atoms with E-state index >= 15 is 0 Å². The summed E-state index contributed by atoms with van der Waals surface area (Å²) in [4.78, 5) is 14.2. The van der Waals surface area contributed by atoms with Crippen LogP contribution in [0.2, 0.25) is 0 Å². The molecule has 0 radical (unpaired) electrons. The zero-order valence-corrected chi connectivity index (χ0v) is 14.0. The summed E-state index contributed by atoms with van der Waals surface area (Å²) in [5.74, 6) is 0.0751. The number of nitrogens with zero attached hydrogens (tertiary/aromatic N) is 1. The molecule has 128 valence electrons. The lowest BCUT2D eigenvalue weighted by atomic mass is 10.1. The third kappa shape index (κ3) is 6.69. The number of ether oxygens (including phenoxy) is 1. The lowest BCUT2D eigenvalue weighted by molar-refractivity contribution is -0.123. The van der Waals surface area contributed by atoms with Crippen molar-refractivity contribution in [3.05, 3.63) is 35.4 Å². The van der Waals surface area contributed by atoms with Crippen LogP contribution < -0.4 is 5.32 Å². The van der Waals surface area contributed by atoms with E-state index in [0.717, 1.165) is 31.5 Å². The van der Waals surface area contributed by atoms with Crippen molar-refractivity contribution >= 4 is 5.91 Å². The fraction of sp³-hybridized carbons (Fsp3) is 0.611. The first-order valence-electron chi connectivity index (χ1n) is 8.44. The minimum absolute atomic E-state index is 0.0751. The molecule has 2 N–H and O–H groups in total. The number of carbonyl (C=O) groups excluding carboxylic acids is 1. The van der Waals surface area contributed by atoms with E-state index in [0.29, 0.717) is 26.1 Å². The number of benzene rings is 1. The molecular weight excluding hydrogens is 292 g/mol. The number of rotatable bonds is 8. The van der Waals surface area contributed by atoms with E-state index in [9.17, 15) is 4.79 Å². The number of aliphatic hydroxyl groups is 1. The molecule has 0 saturated carbocycles. The first kappa shape index (κ1) is 17.9. The highest BCUT2D eigenvalue weighted by atomic mass is 16.5. The standard InChI is InChI=1S/C18H28N2O3/c1-15-4-2-5-16(12-15)13-19-18(22)14-20-8-6-17(7-9-20)23-11-3-10-21/h2,4-5,12,17,21H,3,6-11,13-14H2,1H3,(H,19,22). The van der Waals surface area contributed by atoms with E-state index in [2.05, 4.69) is 29.3 Å². The molecule has 0 aliphatic carbocycles. The van der Waals surface area contributed by atoms with E-state index in [1.54, 1.807) is 0 Å². The third-order valence-electron chi connectivity index (χ3n) is 4.13. The van der Waals surface area contributed by atoms with Gasteiger partial charge in [-0.15, -0.1) is 0 Å². The highest BCUT2D eigenvalue weighted by Crippen LogP contribution is 2.13. The van der Waals surface area contributed by atoms with Crippen molar-refractivity contribution in [3.63, 3.8) is 0 Å². The first-order chi connectivity index (χ1) is 11.2. The molecule has 5 heteroatoms. The SMILES string of the molecule is Cc1cccc(CNC(=O)CN2CCC(OCCCO)CC2)c1. The van der Waals surface area contributed by atoms with Crippen LogP contribution in [-0.4, -0.2) is 54.9 Å². The molecule has 0 spiro atoms. The molecule has 1 aromatic carbocycles. The topological polar surface area (TPSA) is 61.8 Å². The summed E-state index contributed by atoms with van der Waals surface area (Å²) in [5, 5.41) is 11.7. The second kappa shape index (κ2) is 9.65. The summed E-state index contributed by atoms with van der Waals surface area (Å²) in [6.45, 7) is 5.68. The van der Waals surface area contributed by atoms with Crippen molar-refractivity contribution < 1.29 is 14.6 Å². The maximum Gasteiger partial charge on any atom is 0.234 e. The van der Waals surface area contributed by atoms with Crippen LogP contribution in [0.5, 0.6) is 0 Å². The number of carbonyl (C=O) groups is 1. The predicted molar refractivity (Wildman–Crippen MR) is 90.1 cm³/mol. The lowest BCUT2D eigenvalue weighted by Gasteiger charge is -2.31. The van der Waals surface area contributed by atoms with Gasteiger partial charge in [0, 0.05) is 32.8 Å². The Labute approximate surface area is 138 Å². The van der Waals surface area contributed by atoms with Gasteiger partial charge in [0.15, 0.2) is 0 Å². The average molecular weight is 320 g/mol. The first-order valence-corrected chi connectivity index (χ1v) is 8.44. The fourth-order valence-corrected chi connectivity index (χ4v) is 2.83. The van der Waals surface area contributed by atoms with Crippen LogP contribution in [0.15, 0.2) is 24.3 Å². The van der Waals surface area contributed by atoms with Crippen LogP contribution in [0.1, 0.15) is 30.4 Å². The van der Waals surface area contributed by atoms with Crippen molar-refractivity contribution in [1.29, 1.82) is 0 Å². The summed E-state index contributed by atoms with van der Waals surface area (Å²) in [5.41, 5.74) is 2.34. The zero-order chi connectivity index (χ0) is 16.5. The third-order valence-corrected chi connectivity index (χ3v) is 4.13. The number of hydrogen-bond acceptors (Lipinski definition) is 4. The Hall–Kier alpha value is -1.43. The average Bonchev–Trinajstić information content (AvgIpc) is 2.55. The van der Waals surface area contributed by atoms with Crippen LogP contribution in [0.3, 0.4) is 0 Å². The number of nitrogens with one attached hydrogen (secondary N) is 1.